The van der Waals surface area contributed by atoms with E-state index in [-0.39, 0.29) is 11.6 Å². The van der Waals surface area contributed by atoms with Gasteiger partial charge in [0.25, 0.3) is 0 Å². The molecule has 4 nitrogen and oxygen atoms in total. The number of benzene rings is 3. The number of unbranched alkanes of at least 4 members (excludes halogenated alkanes) is 18. The van der Waals surface area contributed by atoms with Crippen LogP contribution < -0.4 is 8.79 Å². The third-order valence-corrected chi connectivity index (χ3v) is 42.1. The normalized spacial score (nSPS) is 13.6. The fraction of sp³-hybridized carbons (Fsp3) is 0.548. The van der Waals surface area contributed by atoms with E-state index in [1.807, 2.05) is 69.7 Å². The minimum absolute atomic E-state index is 0.206. The summed E-state index contributed by atoms with van der Waals surface area (Å²) in [6.07, 6.45) is 39.5. The van der Waals surface area contributed by atoms with Crippen LogP contribution in [-0.4, -0.2) is 30.8 Å². The van der Waals surface area contributed by atoms with E-state index in [9.17, 15) is 0 Å². The second-order valence-electron chi connectivity index (χ2n) is 29.2. The molecule has 0 spiro atoms. The molecule has 0 bridgehead atoms. The van der Waals surface area contributed by atoms with E-state index in [0.717, 1.165) is 62.5 Å². The molecule has 0 aliphatic carbocycles. The van der Waals surface area contributed by atoms with Gasteiger partial charge in [-0.05, 0) is 92.7 Å². The molecule has 9 heterocycles. The van der Waals surface area contributed by atoms with Crippen LogP contribution in [0.1, 0.15) is 266 Å². The Morgan fingerprint density at radius 3 is 1.31 bits per heavy atom. The molecule has 0 fully saturated rings. The van der Waals surface area contributed by atoms with Gasteiger partial charge in [0.15, 0.2) is 0 Å². The average Bonchev–Trinajstić information content (AvgIpc) is 1.56. The Morgan fingerprint density at radius 1 is 0.384 bits per heavy atom. The average molecular weight is 1540 g/mol. The Bertz CT molecular complexity index is 4320. The molecule has 99 heavy (non-hydrogen) atoms. The molecule has 12 rings (SSSR count). The Morgan fingerprint density at radius 2 is 0.808 bits per heavy atom. The summed E-state index contributed by atoms with van der Waals surface area (Å²) in [5, 5.41) is 5.05. The third-order valence-electron chi connectivity index (χ3n) is 22.1. The summed E-state index contributed by atoms with van der Waals surface area (Å²) in [6, 6.07) is 18.7. The van der Waals surface area contributed by atoms with Gasteiger partial charge in [-0.3, -0.25) is 0 Å². The van der Waals surface area contributed by atoms with Crippen molar-refractivity contribution in [3.63, 3.8) is 0 Å². The number of halogens is 2. The third kappa shape index (κ3) is 16.3. The molecular weight excluding hydrogens is 1430 g/mol. The van der Waals surface area contributed by atoms with E-state index in [0.29, 0.717) is 34.0 Å². The molecule has 8 aromatic heterocycles. The first kappa shape index (κ1) is 75.1. The van der Waals surface area contributed by atoms with Crippen molar-refractivity contribution in [3.05, 3.63) is 91.5 Å². The van der Waals surface area contributed by atoms with Gasteiger partial charge in [-0.1, -0.05) is 131 Å². The Labute approximate surface area is 626 Å². The molecule has 2 atom stereocenters. The van der Waals surface area contributed by atoms with E-state index >= 15 is 8.78 Å². The zero-order chi connectivity index (χ0) is 69.2. The Balaban J connectivity index is 1.08. The van der Waals surface area contributed by atoms with Crippen LogP contribution in [0.15, 0.2) is 48.5 Å². The summed E-state index contributed by atoms with van der Waals surface area (Å²) < 4.78 is 60.7. The van der Waals surface area contributed by atoms with E-state index in [2.05, 4.69) is 98.7 Å². The van der Waals surface area contributed by atoms with Crippen LogP contribution >= 0.6 is 91.5 Å². The quantitative estimate of drug-likeness (QED) is 0.0283. The first-order valence-electron chi connectivity index (χ1n) is 38.8. The van der Waals surface area contributed by atoms with E-state index in [1.54, 1.807) is 26.2 Å². The van der Waals surface area contributed by atoms with Gasteiger partial charge in [0.05, 0.1) is 11.7 Å². The summed E-state index contributed by atoms with van der Waals surface area (Å²) in [7, 11) is 0. The fourth-order valence-electron chi connectivity index (χ4n) is 16.2. The van der Waals surface area contributed by atoms with Gasteiger partial charge in [-0.15, -0.1) is 34.0 Å². The van der Waals surface area contributed by atoms with Crippen molar-refractivity contribution in [1.82, 2.24) is 17.5 Å². The summed E-state index contributed by atoms with van der Waals surface area (Å²) in [5.41, 5.74) is 11.2. The number of rotatable bonds is 41. The van der Waals surface area contributed by atoms with Crippen LogP contribution in [0.4, 0.5) is 8.78 Å². The van der Waals surface area contributed by atoms with Crippen LogP contribution in [0.3, 0.4) is 0 Å². The van der Waals surface area contributed by atoms with Crippen LogP contribution in [0.2, 0.25) is 10.5 Å². The predicted molar refractivity (Wildman–Crippen MR) is 444 cm³/mol. The monoisotopic (exact) mass is 1540 g/mol. The predicted octanol–water partition coefficient (Wildman–Crippen LogP) is 29.6. The van der Waals surface area contributed by atoms with E-state index in [1.165, 1.54) is 290 Å². The van der Waals surface area contributed by atoms with Crippen molar-refractivity contribution in [2.45, 2.75) is 285 Å². The van der Waals surface area contributed by atoms with Gasteiger partial charge in [-0.25, -0.2) is 4.39 Å². The van der Waals surface area contributed by atoms with E-state index in [4.69, 9.17) is 17.5 Å². The van der Waals surface area contributed by atoms with Crippen molar-refractivity contribution < 1.29 is 8.78 Å². The van der Waals surface area contributed by atoms with Crippen molar-refractivity contribution in [3.8, 4) is 62.0 Å². The van der Waals surface area contributed by atoms with Gasteiger partial charge in [0.1, 0.15) is 16.9 Å². The topological polar surface area (TPSA) is 51.6 Å². The Kier molecular flexibility index (Phi) is 26.9. The summed E-state index contributed by atoms with van der Waals surface area (Å²) >= 11 is 11.0. The van der Waals surface area contributed by atoms with Crippen LogP contribution in [-0.2, 0) is 25.7 Å². The number of nitrogens with zero attached hydrogens (tertiary/aromatic N) is 4. The molecular formula is C84H108F2GeN4S8. The van der Waals surface area contributed by atoms with Crippen molar-refractivity contribution in [2.24, 2.45) is 11.8 Å². The minimum atomic E-state index is -2.92. The second-order valence-corrected chi connectivity index (χ2v) is 45.9. The van der Waals surface area contributed by atoms with E-state index < -0.39 is 13.3 Å². The molecule has 0 saturated carbocycles. The maximum atomic E-state index is 18.5. The first-order chi connectivity index (χ1) is 48.4. The Hall–Kier alpha value is -3.58. The molecule has 0 radical (unpaired) electrons. The van der Waals surface area contributed by atoms with Crippen LogP contribution in [0, 0.1) is 37.3 Å². The molecule has 0 amide bonds. The molecule has 0 N–H and O–H groups in total. The van der Waals surface area contributed by atoms with Crippen LogP contribution in [0.5, 0.6) is 0 Å². The number of hydrogen-bond acceptors (Lipinski definition) is 12. The maximum absolute atomic E-state index is 18.5. The summed E-state index contributed by atoms with van der Waals surface area (Å²) in [4.78, 5) is 13.1. The number of fused-ring (bicyclic) bond motifs is 7. The molecule has 0 saturated heterocycles. The van der Waals surface area contributed by atoms with Gasteiger partial charge in [0, 0.05) is 25.8 Å². The van der Waals surface area contributed by atoms with Gasteiger partial charge < -0.3 is 0 Å². The standard InChI is InChI=1S/C84H108F2GeN4S8/c1-11-19-25-29-31-35-41-87(42-36-32-30-26-20-12-2)65-43-53(9)92-83(65)84-66(87)52-73(97-84)76-64(86)49-60(79-80(76)91-99-90-79)70-51-62-75(72-47-58(40-34-28-22-14-4)68(94-72)45-56(18-8)38-24-16-6)81-61(50-69(95-81)59-48-63(85)54(10)77-78(59)89-98-88-77)74(82(62)96-70)71-46-57(39-33-27-21-13-3)67(93-71)44-55(17-7)37-23-15-5/h43,46-52,55-56H,11-42,44-45H2,1-10H3. The zero-order valence-electron chi connectivity index (χ0n) is 61.1. The number of aromatic nitrogens is 4. The molecule has 3 aromatic carbocycles. The van der Waals surface area contributed by atoms with Gasteiger partial charge in [0.2, 0.25) is 0 Å². The zero-order valence-corrected chi connectivity index (χ0v) is 69.8. The first-order valence-corrected chi connectivity index (χ1v) is 50.2. The molecule has 1 aliphatic rings. The molecule has 2 unspecified atom stereocenters. The number of aryl methyl sites for hydroxylation is 4. The molecule has 1 aliphatic heterocycles. The van der Waals surface area contributed by atoms with Gasteiger partial charge in [-0.2, -0.15) is 8.75 Å². The van der Waals surface area contributed by atoms with Crippen molar-refractivity contribution in [2.75, 3.05) is 0 Å². The molecule has 11 aromatic rings. The number of thiophene rings is 6. The number of hydrogen-bond donors (Lipinski definition) is 0. The summed E-state index contributed by atoms with van der Waals surface area (Å²) in [6.45, 7) is 22.9. The molecule has 15 heteroatoms. The fourth-order valence-corrected chi connectivity index (χ4v) is 39.7. The SMILES string of the molecule is CCCCCCC[CH2][Ge]1([CH2]CCCCCCC)[c]2cc(C)sc2-c2sc(-c3c(F)cc(-c4cc5c(-c6cc(CCCCCC)c(CC(CC)CCCC)s6)c6sc(-c7cc(F)c(C)c8nsnc78)cc6c(-c6cc(CCCCCC)c(CC(CC)CCCC)s6)c5s4)c4nsnc34)c[c]21. The van der Waals surface area contributed by atoms with Crippen molar-refractivity contribution >= 4 is 156 Å². The summed E-state index contributed by atoms with van der Waals surface area (Å²) in [5.74, 6) is 0.792. The second kappa shape index (κ2) is 35.5. The van der Waals surface area contributed by atoms with Crippen LogP contribution in [0.25, 0.3) is 104 Å². The van der Waals surface area contributed by atoms with Crippen molar-refractivity contribution in [1.29, 1.82) is 0 Å². The van der Waals surface area contributed by atoms with Gasteiger partial charge >= 0.3 is 307 Å². The molecule has 530 valence electrons.